The molecule has 1 unspecified atom stereocenters. The molecule has 0 aromatic heterocycles. The predicted octanol–water partition coefficient (Wildman–Crippen LogP) is 1.48. The molecule has 0 heterocycles. The molecule has 1 atom stereocenters. The van der Waals surface area contributed by atoms with Gasteiger partial charge in [0.1, 0.15) is 5.75 Å². The Bertz CT molecular complexity index is 361. The molecule has 0 saturated carbocycles. The van der Waals surface area contributed by atoms with Crippen molar-refractivity contribution in [3.63, 3.8) is 0 Å². The Balaban J connectivity index is 2.26. The summed E-state index contributed by atoms with van der Waals surface area (Å²) in [7, 11) is 1.63. The maximum Gasteiger partial charge on any atom is 0.224 e. The topological polar surface area (TPSA) is 64.3 Å². The van der Waals surface area contributed by atoms with Gasteiger partial charge in [0.2, 0.25) is 5.91 Å². The average Bonchev–Trinajstić information content (AvgIpc) is 2.35. The summed E-state index contributed by atoms with van der Waals surface area (Å²) in [6.45, 7) is 2.66. The summed E-state index contributed by atoms with van der Waals surface area (Å²) >= 11 is 0. The molecule has 0 radical (unpaired) electrons. The Hall–Kier alpha value is -1.55. The normalized spacial score (nSPS) is 11.9. The second kappa shape index (κ2) is 7.71. The second-order valence-electron chi connectivity index (χ2n) is 4.49. The first-order chi connectivity index (χ1) is 8.61. The first kappa shape index (κ1) is 14.5. The number of nitrogens with one attached hydrogen (secondary N) is 1. The van der Waals surface area contributed by atoms with Crippen LogP contribution in [0.3, 0.4) is 0 Å². The molecule has 1 amide bonds. The summed E-state index contributed by atoms with van der Waals surface area (Å²) in [4.78, 5) is 11.6. The Kier molecular flexibility index (Phi) is 6.22. The molecule has 1 aromatic rings. The van der Waals surface area contributed by atoms with Gasteiger partial charge in [-0.15, -0.1) is 0 Å². The molecule has 0 saturated heterocycles. The molecule has 1 rings (SSSR count). The van der Waals surface area contributed by atoms with Gasteiger partial charge in [-0.25, -0.2) is 0 Å². The molecule has 0 spiro atoms. The van der Waals surface area contributed by atoms with Gasteiger partial charge in [0.05, 0.1) is 13.5 Å². The highest BCUT2D eigenvalue weighted by Crippen LogP contribution is 2.11. The highest BCUT2D eigenvalue weighted by Gasteiger charge is 2.03. The van der Waals surface area contributed by atoms with Crippen molar-refractivity contribution in [1.29, 1.82) is 0 Å². The number of rotatable bonds is 7. The first-order valence-electron chi connectivity index (χ1n) is 6.27. The lowest BCUT2D eigenvalue weighted by atomic mass is 10.1. The lowest BCUT2D eigenvalue weighted by molar-refractivity contribution is -0.120. The van der Waals surface area contributed by atoms with Gasteiger partial charge in [0.15, 0.2) is 0 Å². The minimum absolute atomic E-state index is 0.0461. The van der Waals surface area contributed by atoms with Gasteiger partial charge in [0.25, 0.3) is 0 Å². The standard InChI is InChI=1S/C14H22N2O2/c1-11(15)4-3-9-16-14(17)10-12-5-7-13(18-2)8-6-12/h5-8,11H,3-4,9-10,15H2,1-2H3,(H,16,17). The zero-order valence-electron chi connectivity index (χ0n) is 11.1. The maximum absolute atomic E-state index is 11.6. The van der Waals surface area contributed by atoms with Crippen LogP contribution < -0.4 is 15.8 Å². The smallest absolute Gasteiger partial charge is 0.224 e. The van der Waals surface area contributed by atoms with E-state index >= 15 is 0 Å². The molecule has 4 heteroatoms. The molecular formula is C14H22N2O2. The van der Waals surface area contributed by atoms with Crippen LogP contribution in [0.2, 0.25) is 0 Å². The van der Waals surface area contributed by atoms with Gasteiger partial charge in [-0.05, 0) is 37.5 Å². The monoisotopic (exact) mass is 250 g/mol. The van der Waals surface area contributed by atoms with Crippen molar-refractivity contribution in [3.8, 4) is 5.75 Å². The predicted molar refractivity (Wildman–Crippen MR) is 72.6 cm³/mol. The lowest BCUT2D eigenvalue weighted by Crippen LogP contribution is -2.27. The van der Waals surface area contributed by atoms with E-state index in [2.05, 4.69) is 5.32 Å². The SMILES string of the molecule is COc1ccc(CC(=O)NCCCC(C)N)cc1. The summed E-state index contributed by atoms with van der Waals surface area (Å²) in [5, 5.41) is 2.89. The highest BCUT2D eigenvalue weighted by atomic mass is 16.5. The van der Waals surface area contributed by atoms with Gasteiger partial charge < -0.3 is 15.8 Å². The summed E-state index contributed by atoms with van der Waals surface area (Å²) in [6.07, 6.45) is 2.26. The number of hydrogen-bond donors (Lipinski definition) is 2. The summed E-state index contributed by atoms with van der Waals surface area (Å²) in [5.74, 6) is 0.848. The average molecular weight is 250 g/mol. The van der Waals surface area contributed by atoms with E-state index in [0.29, 0.717) is 13.0 Å². The Morgan fingerprint density at radius 1 is 1.39 bits per heavy atom. The van der Waals surface area contributed by atoms with Crippen molar-refractivity contribution in [2.75, 3.05) is 13.7 Å². The fourth-order valence-electron chi connectivity index (χ4n) is 1.64. The number of carbonyl (C=O) groups is 1. The molecule has 0 aliphatic heterocycles. The number of benzene rings is 1. The van der Waals surface area contributed by atoms with Crippen LogP contribution in [0, 0.1) is 0 Å². The summed E-state index contributed by atoms with van der Waals surface area (Å²) in [6, 6.07) is 7.72. The van der Waals surface area contributed by atoms with E-state index in [1.54, 1.807) is 7.11 Å². The zero-order chi connectivity index (χ0) is 13.4. The Morgan fingerprint density at radius 3 is 2.61 bits per heavy atom. The van der Waals surface area contributed by atoms with Gasteiger partial charge >= 0.3 is 0 Å². The van der Waals surface area contributed by atoms with Gasteiger partial charge in [-0.2, -0.15) is 0 Å². The van der Waals surface area contributed by atoms with Crippen LogP contribution in [-0.2, 0) is 11.2 Å². The zero-order valence-corrected chi connectivity index (χ0v) is 11.1. The molecule has 4 nitrogen and oxygen atoms in total. The second-order valence-corrected chi connectivity index (χ2v) is 4.49. The molecule has 0 aliphatic rings. The van der Waals surface area contributed by atoms with Crippen molar-refractivity contribution in [2.45, 2.75) is 32.2 Å². The third-order valence-corrected chi connectivity index (χ3v) is 2.68. The lowest BCUT2D eigenvalue weighted by Gasteiger charge is -2.07. The van der Waals surface area contributed by atoms with Crippen molar-refractivity contribution in [1.82, 2.24) is 5.32 Å². The van der Waals surface area contributed by atoms with Crippen LogP contribution in [0.15, 0.2) is 24.3 Å². The van der Waals surface area contributed by atoms with Crippen molar-refractivity contribution >= 4 is 5.91 Å². The number of ether oxygens (including phenoxy) is 1. The fraction of sp³-hybridized carbons (Fsp3) is 0.500. The van der Waals surface area contributed by atoms with E-state index in [1.165, 1.54) is 0 Å². The molecular weight excluding hydrogens is 228 g/mol. The van der Waals surface area contributed by atoms with Crippen LogP contribution in [0.4, 0.5) is 0 Å². The quantitative estimate of drug-likeness (QED) is 0.720. The van der Waals surface area contributed by atoms with Crippen LogP contribution in [0.5, 0.6) is 5.75 Å². The largest absolute Gasteiger partial charge is 0.497 e. The molecule has 18 heavy (non-hydrogen) atoms. The van der Waals surface area contributed by atoms with E-state index in [4.69, 9.17) is 10.5 Å². The van der Waals surface area contributed by atoms with Crippen LogP contribution in [0.25, 0.3) is 0 Å². The van der Waals surface area contributed by atoms with E-state index in [1.807, 2.05) is 31.2 Å². The number of amides is 1. The van der Waals surface area contributed by atoms with Crippen molar-refractivity contribution < 1.29 is 9.53 Å². The van der Waals surface area contributed by atoms with E-state index < -0.39 is 0 Å². The molecule has 1 aromatic carbocycles. The van der Waals surface area contributed by atoms with Gasteiger partial charge in [-0.1, -0.05) is 12.1 Å². The Labute approximate surface area is 109 Å². The van der Waals surface area contributed by atoms with E-state index in [-0.39, 0.29) is 11.9 Å². The minimum Gasteiger partial charge on any atom is -0.497 e. The van der Waals surface area contributed by atoms with Crippen LogP contribution >= 0.6 is 0 Å². The first-order valence-corrected chi connectivity index (χ1v) is 6.27. The molecule has 0 fully saturated rings. The number of hydrogen-bond acceptors (Lipinski definition) is 3. The van der Waals surface area contributed by atoms with Crippen LogP contribution in [-0.4, -0.2) is 25.6 Å². The highest BCUT2D eigenvalue weighted by molar-refractivity contribution is 5.78. The van der Waals surface area contributed by atoms with Gasteiger partial charge in [0, 0.05) is 12.6 Å². The number of methoxy groups -OCH3 is 1. The Morgan fingerprint density at radius 2 is 2.06 bits per heavy atom. The third-order valence-electron chi connectivity index (χ3n) is 2.68. The van der Waals surface area contributed by atoms with E-state index in [9.17, 15) is 4.79 Å². The van der Waals surface area contributed by atoms with Crippen molar-refractivity contribution in [2.24, 2.45) is 5.73 Å². The fourth-order valence-corrected chi connectivity index (χ4v) is 1.64. The third kappa shape index (κ3) is 5.68. The molecule has 0 aliphatic carbocycles. The number of carbonyl (C=O) groups excluding carboxylic acids is 1. The van der Waals surface area contributed by atoms with E-state index in [0.717, 1.165) is 24.2 Å². The maximum atomic E-state index is 11.6. The minimum atomic E-state index is 0.0461. The molecule has 0 bridgehead atoms. The van der Waals surface area contributed by atoms with Crippen molar-refractivity contribution in [3.05, 3.63) is 29.8 Å². The molecule has 3 N–H and O–H groups in total. The van der Waals surface area contributed by atoms with Crippen LogP contribution in [0.1, 0.15) is 25.3 Å². The summed E-state index contributed by atoms with van der Waals surface area (Å²) in [5.41, 5.74) is 6.62. The van der Waals surface area contributed by atoms with Gasteiger partial charge in [-0.3, -0.25) is 4.79 Å². The summed E-state index contributed by atoms with van der Waals surface area (Å²) < 4.78 is 5.06. The number of nitrogens with two attached hydrogens (primary N) is 1. The molecule has 100 valence electrons.